The lowest BCUT2D eigenvalue weighted by Crippen LogP contribution is -2.41. The Balaban J connectivity index is 1.42. The normalized spacial score (nSPS) is 31.9. The van der Waals surface area contributed by atoms with Gasteiger partial charge in [0.1, 0.15) is 6.10 Å². The summed E-state index contributed by atoms with van der Waals surface area (Å²) in [5.41, 5.74) is 0. The number of piperidine rings is 1. The first-order valence-electron chi connectivity index (χ1n) is 8.61. The molecule has 3 rings (SSSR count). The van der Waals surface area contributed by atoms with Gasteiger partial charge in [0.05, 0.1) is 12.2 Å². The molecule has 2 aliphatic carbocycles. The number of esters is 1. The molecule has 6 heteroatoms. The second-order valence-corrected chi connectivity index (χ2v) is 9.18. The van der Waals surface area contributed by atoms with Crippen LogP contribution in [0.2, 0.25) is 0 Å². The first kappa shape index (κ1) is 16.2. The van der Waals surface area contributed by atoms with Gasteiger partial charge in [0, 0.05) is 13.1 Å². The number of hydrogen-bond acceptors (Lipinski definition) is 4. The zero-order valence-corrected chi connectivity index (χ0v) is 14.2. The molecule has 2 atom stereocenters. The fourth-order valence-corrected chi connectivity index (χ4v) is 4.98. The number of hydrogen-bond donors (Lipinski definition) is 0. The fraction of sp³-hybridized carbons (Fsp3) is 0.938. The molecule has 0 spiro atoms. The molecule has 3 aliphatic rings. The number of rotatable bonds is 4. The third-order valence-corrected chi connectivity index (χ3v) is 6.85. The zero-order chi connectivity index (χ0) is 15.7. The van der Waals surface area contributed by atoms with Crippen LogP contribution in [0, 0.1) is 17.8 Å². The van der Waals surface area contributed by atoms with Crippen LogP contribution in [0.1, 0.15) is 51.4 Å². The highest BCUT2D eigenvalue weighted by molar-refractivity contribution is 7.88. The molecule has 0 amide bonds. The first-order valence-corrected chi connectivity index (χ1v) is 10.5. The molecule has 0 bridgehead atoms. The predicted octanol–water partition coefficient (Wildman–Crippen LogP) is 2.17. The molecule has 2 saturated carbocycles. The van der Waals surface area contributed by atoms with Gasteiger partial charge < -0.3 is 4.74 Å². The van der Waals surface area contributed by atoms with Crippen molar-refractivity contribution in [3.05, 3.63) is 0 Å². The maximum absolute atomic E-state index is 12.3. The van der Waals surface area contributed by atoms with Crippen LogP contribution < -0.4 is 0 Å². The average molecular weight is 329 g/mol. The molecule has 0 aromatic heterocycles. The minimum absolute atomic E-state index is 0.0339. The lowest BCUT2D eigenvalue weighted by Gasteiger charge is -2.30. The number of ether oxygens (including phenoxy) is 1. The van der Waals surface area contributed by atoms with Gasteiger partial charge in [-0.2, -0.15) is 0 Å². The maximum Gasteiger partial charge on any atom is 0.309 e. The minimum Gasteiger partial charge on any atom is -0.462 e. The van der Waals surface area contributed by atoms with E-state index in [0.29, 0.717) is 31.8 Å². The molecule has 3 fully saturated rings. The second-order valence-electron chi connectivity index (χ2n) is 7.20. The highest BCUT2D eigenvalue weighted by atomic mass is 32.2. The van der Waals surface area contributed by atoms with E-state index >= 15 is 0 Å². The van der Waals surface area contributed by atoms with Crippen LogP contribution >= 0.6 is 0 Å². The van der Waals surface area contributed by atoms with Crippen molar-refractivity contribution in [2.45, 2.75) is 57.5 Å². The smallest absolute Gasteiger partial charge is 0.309 e. The molecule has 0 aromatic rings. The Labute approximate surface area is 133 Å². The summed E-state index contributed by atoms with van der Waals surface area (Å²) in [7, 11) is -3.11. The lowest BCUT2D eigenvalue weighted by molar-refractivity contribution is -0.152. The Bertz CT molecular complexity index is 504. The van der Waals surface area contributed by atoms with E-state index < -0.39 is 10.0 Å². The molecule has 5 nitrogen and oxygen atoms in total. The molecular weight excluding hydrogens is 302 g/mol. The first-order chi connectivity index (χ1) is 10.4. The van der Waals surface area contributed by atoms with E-state index in [2.05, 4.69) is 0 Å². The summed E-state index contributed by atoms with van der Waals surface area (Å²) >= 11 is 0. The summed E-state index contributed by atoms with van der Waals surface area (Å²) in [6.07, 6.45) is 9.92. The van der Waals surface area contributed by atoms with E-state index in [1.807, 2.05) is 0 Å². The SMILES string of the molecule is CS(=O)(=O)N1CCC(OC(=O)[C@H]2C[C@@H]2C2CCCCC2)CC1. The van der Waals surface area contributed by atoms with Gasteiger partial charge in [0.2, 0.25) is 10.0 Å². The zero-order valence-electron chi connectivity index (χ0n) is 13.4. The van der Waals surface area contributed by atoms with Crippen LogP contribution in [0.3, 0.4) is 0 Å². The van der Waals surface area contributed by atoms with Crippen molar-refractivity contribution in [1.82, 2.24) is 4.31 Å². The second kappa shape index (κ2) is 6.48. The van der Waals surface area contributed by atoms with E-state index in [1.165, 1.54) is 42.7 Å². The van der Waals surface area contributed by atoms with Crippen molar-refractivity contribution in [3.63, 3.8) is 0 Å². The third kappa shape index (κ3) is 3.82. The number of carbonyl (C=O) groups is 1. The van der Waals surface area contributed by atoms with Crippen molar-refractivity contribution in [3.8, 4) is 0 Å². The predicted molar refractivity (Wildman–Crippen MR) is 83.7 cm³/mol. The monoisotopic (exact) mass is 329 g/mol. The van der Waals surface area contributed by atoms with Gasteiger partial charge in [-0.1, -0.05) is 32.1 Å². The van der Waals surface area contributed by atoms with Crippen molar-refractivity contribution in [1.29, 1.82) is 0 Å². The van der Waals surface area contributed by atoms with Crippen LogP contribution in [0.4, 0.5) is 0 Å². The highest BCUT2D eigenvalue weighted by Crippen LogP contribution is 2.50. The number of sulfonamides is 1. The molecule has 0 aromatic carbocycles. The van der Waals surface area contributed by atoms with Crippen LogP contribution in [0.25, 0.3) is 0 Å². The summed E-state index contributed by atoms with van der Waals surface area (Å²) in [6.45, 7) is 0.932. The number of nitrogens with zero attached hydrogens (tertiary/aromatic N) is 1. The molecule has 1 heterocycles. The highest BCUT2D eigenvalue weighted by Gasteiger charge is 2.49. The molecular formula is C16H27NO4S. The van der Waals surface area contributed by atoms with Gasteiger partial charge in [-0.05, 0) is 31.1 Å². The van der Waals surface area contributed by atoms with Crippen LogP contribution in [0.5, 0.6) is 0 Å². The Kier molecular flexibility index (Phi) is 4.78. The van der Waals surface area contributed by atoms with E-state index in [1.54, 1.807) is 0 Å². The van der Waals surface area contributed by atoms with E-state index in [0.717, 1.165) is 12.3 Å². The van der Waals surface area contributed by atoms with Crippen LogP contribution in [0.15, 0.2) is 0 Å². The molecule has 126 valence electrons. The Morgan fingerprint density at radius 3 is 2.27 bits per heavy atom. The third-order valence-electron chi connectivity index (χ3n) is 5.55. The lowest BCUT2D eigenvalue weighted by atomic mass is 9.85. The van der Waals surface area contributed by atoms with E-state index in [9.17, 15) is 13.2 Å². The molecule has 1 aliphatic heterocycles. The topological polar surface area (TPSA) is 63.7 Å². The van der Waals surface area contributed by atoms with Crippen molar-refractivity contribution < 1.29 is 17.9 Å². The van der Waals surface area contributed by atoms with Crippen LogP contribution in [-0.2, 0) is 19.6 Å². The van der Waals surface area contributed by atoms with Gasteiger partial charge in [-0.25, -0.2) is 12.7 Å². The van der Waals surface area contributed by atoms with Gasteiger partial charge in [0.25, 0.3) is 0 Å². The average Bonchev–Trinajstić information content (AvgIpc) is 3.28. The molecule has 0 radical (unpaired) electrons. The van der Waals surface area contributed by atoms with E-state index in [4.69, 9.17) is 4.74 Å². The molecule has 0 N–H and O–H groups in total. The fourth-order valence-electron chi connectivity index (χ4n) is 4.10. The maximum atomic E-state index is 12.3. The van der Waals surface area contributed by atoms with Crippen LogP contribution in [-0.4, -0.2) is 44.1 Å². The van der Waals surface area contributed by atoms with Gasteiger partial charge in [-0.3, -0.25) is 4.79 Å². The summed E-state index contributed by atoms with van der Waals surface area (Å²) in [5, 5.41) is 0. The van der Waals surface area contributed by atoms with E-state index in [-0.39, 0.29) is 18.0 Å². The van der Waals surface area contributed by atoms with Crippen molar-refractivity contribution in [2.24, 2.45) is 17.8 Å². The molecule has 1 saturated heterocycles. The number of carbonyl (C=O) groups excluding carboxylic acids is 1. The summed E-state index contributed by atoms with van der Waals surface area (Å²) in [5.74, 6) is 1.38. The van der Waals surface area contributed by atoms with Gasteiger partial charge in [0.15, 0.2) is 0 Å². The van der Waals surface area contributed by atoms with Crippen molar-refractivity contribution in [2.75, 3.05) is 19.3 Å². The summed E-state index contributed by atoms with van der Waals surface area (Å²) in [6, 6.07) is 0. The Morgan fingerprint density at radius 2 is 1.68 bits per heavy atom. The minimum atomic E-state index is -3.11. The van der Waals surface area contributed by atoms with Crippen molar-refractivity contribution >= 4 is 16.0 Å². The van der Waals surface area contributed by atoms with Gasteiger partial charge >= 0.3 is 5.97 Å². The molecule has 22 heavy (non-hydrogen) atoms. The quantitative estimate of drug-likeness (QED) is 0.742. The summed E-state index contributed by atoms with van der Waals surface area (Å²) in [4.78, 5) is 12.3. The summed E-state index contributed by atoms with van der Waals surface area (Å²) < 4.78 is 30.0. The molecule has 0 unspecified atom stereocenters. The Morgan fingerprint density at radius 1 is 1.05 bits per heavy atom. The Hall–Kier alpha value is -0.620. The largest absolute Gasteiger partial charge is 0.462 e. The standard InChI is InChI=1S/C16H27NO4S/c1-22(19,20)17-9-7-13(8-10-17)21-16(18)15-11-14(15)12-5-3-2-4-6-12/h12-15H,2-11H2,1H3/t14-,15+/m1/s1. The van der Waals surface area contributed by atoms with Gasteiger partial charge in [-0.15, -0.1) is 0 Å².